The molecule has 1 unspecified atom stereocenters. The molecule has 2 aromatic rings. The number of carbonyl (C=O) groups is 1. The first kappa shape index (κ1) is 13.5. The Bertz CT molecular complexity index is 678. The standard InChI is InChI=1S/C17H16O4/c1-20-13-6-7-16(15(9-13)17(18)19)21-10-12-8-11-4-2-3-5-14(11)12/h2-7,9,12H,8,10H2,1H3,(H,18,19). The molecule has 3 rings (SSSR count). The summed E-state index contributed by atoms with van der Waals surface area (Å²) in [5, 5.41) is 9.24. The fourth-order valence-electron chi connectivity index (χ4n) is 2.63. The van der Waals surface area contributed by atoms with E-state index < -0.39 is 5.97 Å². The van der Waals surface area contributed by atoms with Crippen LogP contribution in [0.3, 0.4) is 0 Å². The van der Waals surface area contributed by atoms with Crippen molar-refractivity contribution in [1.82, 2.24) is 0 Å². The Morgan fingerprint density at radius 2 is 2.10 bits per heavy atom. The van der Waals surface area contributed by atoms with Gasteiger partial charge in [-0.1, -0.05) is 24.3 Å². The molecular formula is C17H16O4. The summed E-state index contributed by atoms with van der Waals surface area (Å²) in [6.07, 6.45) is 0.981. The highest BCUT2D eigenvalue weighted by atomic mass is 16.5. The third-order valence-corrected chi connectivity index (χ3v) is 3.82. The van der Waals surface area contributed by atoms with E-state index in [9.17, 15) is 9.90 Å². The second-order valence-electron chi connectivity index (χ2n) is 5.08. The fraction of sp³-hybridized carbons (Fsp3) is 0.235. The van der Waals surface area contributed by atoms with Crippen LogP contribution < -0.4 is 9.47 Å². The van der Waals surface area contributed by atoms with E-state index in [0.29, 0.717) is 24.0 Å². The van der Waals surface area contributed by atoms with Crippen molar-refractivity contribution in [2.75, 3.05) is 13.7 Å². The summed E-state index contributed by atoms with van der Waals surface area (Å²) in [5.41, 5.74) is 2.77. The molecule has 4 nitrogen and oxygen atoms in total. The van der Waals surface area contributed by atoms with Crippen molar-refractivity contribution in [1.29, 1.82) is 0 Å². The topological polar surface area (TPSA) is 55.8 Å². The number of fused-ring (bicyclic) bond motifs is 1. The SMILES string of the molecule is COc1ccc(OCC2Cc3ccccc32)c(C(=O)O)c1. The summed E-state index contributed by atoms with van der Waals surface area (Å²) in [7, 11) is 1.51. The summed E-state index contributed by atoms with van der Waals surface area (Å²) < 4.78 is 10.8. The van der Waals surface area contributed by atoms with Gasteiger partial charge in [0.25, 0.3) is 0 Å². The molecule has 0 radical (unpaired) electrons. The van der Waals surface area contributed by atoms with E-state index in [1.165, 1.54) is 24.3 Å². The minimum atomic E-state index is -1.02. The van der Waals surface area contributed by atoms with E-state index in [0.717, 1.165) is 6.42 Å². The Kier molecular flexibility index (Phi) is 3.52. The molecule has 0 spiro atoms. The zero-order valence-corrected chi connectivity index (χ0v) is 11.7. The van der Waals surface area contributed by atoms with E-state index in [2.05, 4.69) is 12.1 Å². The number of carboxylic acids is 1. The maximum absolute atomic E-state index is 11.3. The predicted molar refractivity (Wildman–Crippen MR) is 78.3 cm³/mol. The minimum Gasteiger partial charge on any atom is -0.497 e. The molecule has 0 saturated carbocycles. The molecule has 0 amide bonds. The van der Waals surface area contributed by atoms with Crippen LogP contribution in [0.4, 0.5) is 0 Å². The van der Waals surface area contributed by atoms with E-state index >= 15 is 0 Å². The molecule has 1 aliphatic carbocycles. The first-order valence-electron chi connectivity index (χ1n) is 6.81. The second kappa shape index (κ2) is 5.48. The predicted octanol–water partition coefficient (Wildman–Crippen LogP) is 3.11. The van der Waals surface area contributed by atoms with Gasteiger partial charge < -0.3 is 14.6 Å². The lowest BCUT2D eigenvalue weighted by Crippen LogP contribution is -2.23. The lowest BCUT2D eigenvalue weighted by molar-refractivity contribution is 0.0691. The molecule has 21 heavy (non-hydrogen) atoms. The van der Waals surface area contributed by atoms with E-state index in [1.807, 2.05) is 12.1 Å². The highest BCUT2D eigenvalue weighted by molar-refractivity contribution is 5.91. The van der Waals surface area contributed by atoms with Gasteiger partial charge in [-0.25, -0.2) is 4.79 Å². The van der Waals surface area contributed by atoms with Crippen molar-refractivity contribution in [3.05, 3.63) is 59.2 Å². The molecule has 108 valence electrons. The van der Waals surface area contributed by atoms with Gasteiger partial charge in [-0.2, -0.15) is 0 Å². The van der Waals surface area contributed by atoms with Gasteiger partial charge in [0.2, 0.25) is 0 Å². The molecule has 2 aromatic carbocycles. The number of hydrogen-bond donors (Lipinski definition) is 1. The highest BCUT2D eigenvalue weighted by Gasteiger charge is 2.26. The number of methoxy groups -OCH3 is 1. The summed E-state index contributed by atoms with van der Waals surface area (Å²) >= 11 is 0. The maximum Gasteiger partial charge on any atom is 0.339 e. The van der Waals surface area contributed by atoms with Crippen molar-refractivity contribution in [2.45, 2.75) is 12.3 Å². The Labute approximate surface area is 122 Å². The summed E-state index contributed by atoms with van der Waals surface area (Å²) in [6.45, 7) is 0.490. The lowest BCUT2D eigenvalue weighted by atomic mass is 9.78. The quantitative estimate of drug-likeness (QED) is 0.916. The number of benzene rings is 2. The van der Waals surface area contributed by atoms with E-state index in [1.54, 1.807) is 12.1 Å². The highest BCUT2D eigenvalue weighted by Crippen LogP contribution is 2.35. The van der Waals surface area contributed by atoms with Crippen LogP contribution in [0.1, 0.15) is 27.4 Å². The largest absolute Gasteiger partial charge is 0.497 e. The Morgan fingerprint density at radius 3 is 2.81 bits per heavy atom. The van der Waals surface area contributed by atoms with Crippen LogP contribution in [-0.2, 0) is 6.42 Å². The van der Waals surface area contributed by atoms with E-state index in [4.69, 9.17) is 9.47 Å². The van der Waals surface area contributed by atoms with Gasteiger partial charge in [-0.3, -0.25) is 0 Å². The van der Waals surface area contributed by atoms with Gasteiger partial charge in [0, 0.05) is 5.92 Å². The van der Waals surface area contributed by atoms with Crippen molar-refractivity contribution < 1.29 is 19.4 Å². The molecule has 0 aliphatic heterocycles. The van der Waals surface area contributed by atoms with Gasteiger partial charge >= 0.3 is 5.97 Å². The second-order valence-corrected chi connectivity index (χ2v) is 5.08. The van der Waals surface area contributed by atoms with Crippen molar-refractivity contribution in [2.24, 2.45) is 0 Å². The Hall–Kier alpha value is -2.49. The number of hydrogen-bond acceptors (Lipinski definition) is 3. The molecule has 0 saturated heterocycles. The van der Waals surface area contributed by atoms with Crippen LogP contribution in [0.25, 0.3) is 0 Å². The molecule has 1 aliphatic rings. The molecule has 0 heterocycles. The van der Waals surface area contributed by atoms with E-state index in [-0.39, 0.29) is 5.56 Å². The fourth-order valence-corrected chi connectivity index (χ4v) is 2.63. The number of carboxylic acid groups (broad SMARTS) is 1. The van der Waals surface area contributed by atoms with Gasteiger partial charge in [-0.15, -0.1) is 0 Å². The van der Waals surface area contributed by atoms with Crippen LogP contribution in [0.15, 0.2) is 42.5 Å². The molecule has 0 fully saturated rings. The zero-order chi connectivity index (χ0) is 14.8. The van der Waals surface area contributed by atoms with Crippen molar-refractivity contribution in [3.63, 3.8) is 0 Å². The van der Waals surface area contributed by atoms with Crippen LogP contribution >= 0.6 is 0 Å². The van der Waals surface area contributed by atoms with Gasteiger partial charge in [-0.05, 0) is 35.7 Å². The lowest BCUT2D eigenvalue weighted by Gasteiger charge is -2.30. The number of rotatable bonds is 5. The smallest absolute Gasteiger partial charge is 0.339 e. The monoisotopic (exact) mass is 284 g/mol. The molecule has 0 aromatic heterocycles. The van der Waals surface area contributed by atoms with Gasteiger partial charge in [0.1, 0.15) is 17.1 Å². The molecule has 0 bridgehead atoms. The minimum absolute atomic E-state index is 0.127. The normalized spacial score (nSPS) is 15.8. The van der Waals surface area contributed by atoms with Crippen molar-refractivity contribution >= 4 is 5.97 Å². The number of ether oxygens (including phenoxy) is 2. The Morgan fingerprint density at radius 1 is 1.29 bits per heavy atom. The average Bonchev–Trinajstić information content (AvgIpc) is 2.48. The Balaban J connectivity index is 1.73. The molecule has 1 N–H and O–H groups in total. The third kappa shape index (κ3) is 2.57. The van der Waals surface area contributed by atoms with Crippen LogP contribution in [-0.4, -0.2) is 24.8 Å². The van der Waals surface area contributed by atoms with Crippen molar-refractivity contribution in [3.8, 4) is 11.5 Å². The van der Waals surface area contributed by atoms with Crippen LogP contribution in [0.5, 0.6) is 11.5 Å². The molecular weight excluding hydrogens is 268 g/mol. The van der Waals surface area contributed by atoms with Crippen LogP contribution in [0, 0.1) is 0 Å². The molecule has 4 heteroatoms. The van der Waals surface area contributed by atoms with Gasteiger partial charge in [0.15, 0.2) is 0 Å². The summed E-state index contributed by atoms with van der Waals surface area (Å²) in [6, 6.07) is 13.1. The van der Waals surface area contributed by atoms with Crippen LogP contribution in [0.2, 0.25) is 0 Å². The first-order chi connectivity index (χ1) is 10.2. The first-order valence-corrected chi connectivity index (χ1v) is 6.81. The summed E-state index contributed by atoms with van der Waals surface area (Å²) in [5.74, 6) is 0.212. The zero-order valence-electron chi connectivity index (χ0n) is 11.7. The molecule has 1 atom stereocenters. The maximum atomic E-state index is 11.3. The third-order valence-electron chi connectivity index (χ3n) is 3.82. The summed E-state index contributed by atoms with van der Waals surface area (Å²) in [4.78, 5) is 11.3. The van der Waals surface area contributed by atoms with Gasteiger partial charge in [0.05, 0.1) is 13.7 Å². The number of aromatic carboxylic acids is 1. The average molecular weight is 284 g/mol.